The molecule has 2 aliphatic rings. The Morgan fingerprint density at radius 3 is 2.70 bits per heavy atom. The van der Waals surface area contributed by atoms with E-state index in [1.54, 1.807) is 49.8 Å². The van der Waals surface area contributed by atoms with E-state index >= 15 is 0 Å². The van der Waals surface area contributed by atoms with Gasteiger partial charge in [0.15, 0.2) is 5.84 Å². The minimum absolute atomic E-state index is 0.183. The summed E-state index contributed by atoms with van der Waals surface area (Å²) in [6, 6.07) is 21.2. The van der Waals surface area contributed by atoms with Crippen molar-refractivity contribution < 1.29 is 23.5 Å². The summed E-state index contributed by atoms with van der Waals surface area (Å²) in [5.41, 5.74) is 4.11. The summed E-state index contributed by atoms with van der Waals surface area (Å²) < 4.78 is 27.0. The molecule has 10 heteroatoms. The summed E-state index contributed by atoms with van der Waals surface area (Å²) >= 11 is 0. The molecule has 3 aromatic carbocycles. The van der Waals surface area contributed by atoms with E-state index in [1.807, 2.05) is 42.0 Å². The van der Waals surface area contributed by atoms with Gasteiger partial charge in [-0.15, -0.1) is 0 Å². The van der Waals surface area contributed by atoms with Gasteiger partial charge < -0.3 is 29.1 Å². The Kier molecular flexibility index (Phi) is 8.42. The van der Waals surface area contributed by atoms with Gasteiger partial charge in [0.1, 0.15) is 18.2 Å². The van der Waals surface area contributed by atoms with Crippen LogP contribution in [0.15, 0.2) is 96.0 Å². The number of carbonyl (C=O) groups excluding carboxylic acids is 1. The van der Waals surface area contributed by atoms with Gasteiger partial charge in [0.05, 0.1) is 36.9 Å². The molecule has 1 aromatic heterocycles. The Bertz CT molecular complexity index is 1690. The molecule has 0 saturated carbocycles. The number of piperidine rings is 1. The topological polar surface area (TPSA) is 90.2 Å². The van der Waals surface area contributed by atoms with Crippen LogP contribution in [0.1, 0.15) is 40.0 Å². The fourth-order valence-corrected chi connectivity index (χ4v) is 5.61. The number of oxime groups is 1. The SMILES string of the molecule is COc1cc(/C=C2\CCCN3C2=NO[C@]3(CNCCOC(=O)c2ccccc2)c2ccc(F)cc2)ccc1-n1cnc(C)c1. The molecule has 1 atom stereocenters. The number of benzene rings is 3. The molecule has 1 saturated heterocycles. The number of amidine groups is 1. The highest BCUT2D eigenvalue weighted by molar-refractivity contribution is 6.03. The first kappa shape index (κ1) is 29.1. The minimum atomic E-state index is -0.993. The molecule has 9 nitrogen and oxygen atoms in total. The van der Waals surface area contributed by atoms with E-state index in [1.165, 1.54) is 12.1 Å². The van der Waals surface area contributed by atoms with Gasteiger partial charge in [0.2, 0.25) is 5.72 Å². The first-order chi connectivity index (χ1) is 21.5. The number of aromatic nitrogens is 2. The van der Waals surface area contributed by atoms with Crippen LogP contribution in [0.4, 0.5) is 4.39 Å². The second kappa shape index (κ2) is 12.7. The van der Waals surface area contributed by atoms with Crippen molar-refractivity contribution in [3.8, 4) is 11.4 Å². The van der Waals surface area contributed by atoms with Crippen molar-refractivity contribution in [2.45, 2.75) is 25.5 Å². The van der Waals surface area contributed by atoms with Gasteiger partial charge in [-0.2, -0.15) is 0 Å². The molecule has 4 aromatic rings. The Labute approximate surface area is 255 Å². The van der Waals surface area contributed by atoms with Crippen molar-refractivity contribution in [2.24, 2.45) is 5.16 Å². The molecule has 226 valence electrons. The van der Waals surface area contributed by atoms with Crippen LogP contribution >= 0.6 is 0 Å². The summed E-state index contributed by atoms with van der Waals surface area (Å²) in [6.45, 7) is 3.58. The van der Waals surface area contributed by atoms with Crippen LogP contribution in [0.5, 0.6) is 5.75 Å². The number of aryl methyl sites for hydroxylation is 1. The van der Waals surface area contributed by atoms with Crippen LogP contribution in [-0.4, -0.2) is 59.6 Å². The van der Waals surface area contributed by atoms with Crippen LogP contribution in [0, 0.1) is 12.7 Å². The Morgan fingerprint density at radius 1 is 1.14 bits per heavy atom. The summed E-state index contributed by atoms with van der Waals surface area (Å²) in [4.78, 5) is 25.0. The van der Waals surface area contributed by atoms with E-state index in [9.17, 15) is 9.18 Å². The largest absolute Gasteiger partial charge is 0.495 e. The van der Waals surface area contributed by atoms with Crippen molar-refractivity contribution in [1.82, 2.24) is 19.8 Å². The van der Waals surface area contributed by atoms with Crippen LogP contribution in [-0.2, 0) is 15.3 Å². The Hall–Kier alpha value is -4.96. The molecular weight excluding hydrogens is 561 g/mol. The Balaban J connectivity index is 1.20. The molecule has 0 unspecified atom stereocenters. The van der Waals surface area contributed by atoms with Gasteiger partial charge >= 0.3 is 5.97 Å². The fraction of sp³-hybridized carbons (Fsp3) is 0.265. The number of fused-ring (bicyclic) bond motifs is 1. The zero-order valence-corrected chi connectivity index (χ0v) is 24.7. The number of nitrogens with zero attached hydrogens (tertiary/aromatic N) is 4. The van der Waals surface area contributed by atoms with Crippen LogP contribution in [0.2, 0.25) is 0 Å². The highest BCUT2D eigenvalue weighted by Crippen LogP contribution is 2.40. The molecule has 0 aliphatic carbocycles. The number of ether oxygens (including phenoxy) is 2. The lowest BCUT2D eigenvalue weighted by atomic mass is 9.94. The number of carbonyl (C=O) groups is 1. The highest BCUT2D eigenvalue weighted by Gasteiger charge is 2.49. The number of imidazole rings is 1. The maximum atomic E-state index is 13.9. The number of hydrogen-bond donors (Lipinski definition) is 1. The van der Waals surface area contributed by atoms with E-state index in [2.05, 4.69) is 26.4 Å². The third kappa shape index (κ3) is 5.93. The van der Waals surface area contributed by atoms with Crippen molar-refractivity contribution >= 4 is 17.9 Å². The van der Waals surface area contributed by atoms with Crippen molar-refractivity contribution in [1.29, 1.82) is 0 Å². The van der Waals surface area contributed by atoms with Crippen LogP contribution in [0.25, 0.3) is 11.8 Å². The van der Waals surface area contributed by atoms with Gasteiger partial charge in [-0.05, 0) is 73.4 Å². The van der Waals surface area contributed by atoms with Gasteiger partial charge in [0, 0.05) is 24.8 Å². The molecule has 1 N–H and O–H groups in total. The monoisotopic (exact) mass is 595 g/mol. The van der Waals surface area contributed by atoms with Gasteiger partial charge in [-0.1, -0.05) is 41.6 Å². The van der Waals surface area contributed by atoms with E-state index in [0.717, 1.165) is 52.5 Å². The number of halogens is 1. The third-order valence-corrected chi connectivity index (χ3v) is 7.81. The molecule has 6 rings (SSSR count). The minimum Gasteiger partial charge on any atom is -0.495 e. The lowest BCUT2D eigenvalue weighted by Crippen LogP contribution is -2.54. The van der Waals surface area contributed by atoms with Gasteiger partial charge in [-0.25, -0.2) is 14.2 Å². The molecule has 2 aliphatic heterocycles. The lowest BCUT2D eigenvalue weighted by molar-refractivity contribution is -0.105. The number of nitrogens with one attached hydrogen (secondary N) is 1. The van der Waals surface area contributed by atoms with Crippen LogP contribution in [0.3, 0.4) is 0 Å². The number of esters is 1. The maximum absolute atomic E-state index is 13.9. The zero-order valence-electron chi connectivity index (χ0n) is 24.7. The molecule has 0 bridgehead atoms. The smallest absolute Gasteiger partial charge is 0.338 e. The van der Waals surface area contributed by atoms with E-state index in [0.29, 0.717) is 25.2 Å². The van der Waals surface area contributed by atoms with Crippen molar-refractivity contribution in [2.75, 3.05) is 33.4 Å². The quantitative estimate of drug-likeness (QED) is 0.193. The Morgan fingerprint density at radius 2 is 1.95 bits per heavy atom. The van der Waals surface area contributed by atoms with E-state index < -0.39 is 5.72 Å². The number of hydrogen-bond acceptors (Lipinski definition) is 8. The number of rotatable bonds is 10. The summed E-state index contributed by atoms with van der Waals surface area (Å²) in [6.07, 6.45) is 7.54. The predicted molar refractivity (Wildman–Crippen MR) is 165 cm³/mol. The maximum Gasteiger partial charge on any atom is 0.338 e. The van der Waals surface area contributed by atoms with E-state index in [4.69, 9.17) is 14.3 Å². The molecule has 44 heavy (non-hydrogen) atoms. The second-order valence-electron chi connectivity index (χ2n) is 10.8. The third-order valence-electron chi connectivity index (χ3n) is 7.81. The predicted octanol–water partition coefficient (Wildman–Crippen LogP) is 5.45. The zero-order chi connectivity index (χ0) is 30.5. The fourth-order valence-electron chi connectivity index (χ4n) is 5.61. The average Bonchev–Trinajstić information content (AvgIpc) is 3.66. The molecule has 1 fully saturated rings. The van der Waals surface area contributed by atoms with Gasteiger partial charge in [-0.3, -0.25) is 0 Å². The first-order valence-electron chi connectivity index (χ1n) is 14.6. The summed E-state index contributed by atoms with van der Waals surface area (Å²) in [5, 5.41) is 7.95. The normalized spacial score (nSPS) is 18.5. The first-order valence-corrected chi connectivity index (χ1v) is 14.6. The average molecular weight is 596 g/mol. The van der Waals surface area contributed by atoms with E-state index in [-0.39, 0.29) is 18.4 Å². The number of methoxy groups -OCH3 is 1. The molecule has 0 amide bonds. The van der Waals surface area contributed by atoms with Gasteiger partial charge in [0.25, 0.3) is 0 Å². The summed E-state index contributed by atoms with van der Waals surface area (Å²) in [5.74, 6) is 0.767. The van der Waals surface area contributed by atoms with Crippen molar-refractivity contribution in [3.05, 3.63) is 119 Å². The highest BCUT2D eigenvalue weighted by atomic mass is 19.1. The lowest BCUT2D eigenvalue weighted by Gasteiger charge is -2.40. The molecular formula is C34H34FN5O4. The second-order valence-corrected chi connectivity index (χ2v) is 10.8. The molecule has 0 spiro atoms. The molecule has 3 heterocycles. The molecule has 0 radical (unpaired) electrons. The van der Waals surface area contributed by atoms with Crippen LogP contribution < -0.4 is 10.1 Å². The standard InChI is InChI=1S/C34H34FN5O4/c1-24-21-39(23-37-24)30-15-10-25(20-31(30)42-2)19-27-9-6-17-40-32(27)38-44-34(40,28-11-13-29(35)14-12-28)22-36-16-18-43-33(41)26-7-4-3-5-8-26/h3-5,7-8,10-15,19-21,23,36H,6,9,16-18,22H2,1-2H3/b27-19+/t34-/m1/s1. The van der Waals surface area contributed by atoms with Crippen molar-refractivity contribution in [3.63, 3.8) is 0 Å². The summed E-state index contributed by atoms with van der Waals surface area (Å²) in [7, 11) is 1.66.